The lowest BCUT2D eigenvalue weighted by atomic mass is 10.3. The molecule has 0 aliphatic carbocycles. The zero-order valence-electron chi connectivity index (χ0n) is 6.76. The average Bonchev–Trinajstić information content (AvgIpc) is 1.85. The fraction of sp³-hybridized carbons (Fsp3) is 0.625. The van der Waals surface area contributed by atoms with Gasteiger partial charge in [0, 0.05) is 6.42 Å². The molecule has 0 unspecified atom stereocenters. The molecule has 2 heteroatoms. The standard InChI is InChI=1S/C5H10O2.C3H6/c1-2-3-4-5(6)7;1-3-2/h2-4H2,1H3,(H,6,7);3H,1H2,2H3. The summed E-state index contributed by atoms with van der Waals surface area (Å²) in [5.41, 5.74) is 0. The van der Waals surface area contributed by atoms with Crippen LogP contribution in [0.1, 0.15) is 33.1 Å². The van der Waals surface area contributed by atoms with Crippen molar-refractivity contribution in [2.75, 3.05) is 0 Å². The van der Waals surface area contributed by atoms with Crippen LogP contribution in [0, 0.1) is 0 Å². The molecule has 0 spiro atoms. The molecule has 0 rings (SSSR count). The van der Waals surface area contributed by atoms with Crippen molar-refractivity contribution in [1.29, 1.82) is 0 Å². The van der Waals surface area contributed by atoms with Crippen LogP contribution in [0.25, 0.3) is 0 Å². The molecule has 0 amide bonds. The molecule has 0 aromatic rings. The Bertz CT molecular complexity index is 87.3. The Labute approximate surface area is 62.6 Å². The van der Waals surface area contributed by atoms with E-state index in [0.29, 0.717) is 6.42 Å². The van der Waals surface area contributed by atoms with Crippen molar-refractivity contribution in [3.05, 3.63) is 12.7 Å². The highest BCUT2D eigenvalue weighted by atomic mass is 16.4. The summed E-state index contributed by atoms with van der Waals surface area (Å²) in [4.78, 5) is 9.76. The van der Waals surface area contributed by atoms with Crippen LogP contribution in [-0.4, -0.2) is 11.1 Å². The van der Waals surface area contributed by atoms with Gasteiger partial charge >= 0.3 is 5.97 Å². The zero-order valence-corrected chi connectivity index (χ0v) is 6.76. The summed E-state index contributed by atoms with van der Waals surface area (Å²) in [6, 6.07) is 0. The third kappa shape index (κ3) is 27.0. The Morgan fingerprint density at radius 3 is 2.20 bits per heavy atom. The summed E-state index contributed by atoms with van der Waals surface area (Å²) in [5.74, 6) is -0.693. The number of rotatable bonds is 3. The topological polar surface area (TPSA) is 37.3 Å². The lowest BCUT2D eigenvalue weighted by Gasteiger charge is -1.85. The van der Waals surface area contributed by atoms with E-state index in [4.69, 9.17) is 5.11 Å². The van der Waals surface area contributed by atoms with E-state index in [9.17, 15) is 4.79 Å². The maximum atomic E-state index is 9.76. The van der Waals surface area contributed by atoms with Gasteiger partial charge in [-0.05, 0) is 13.3 Å². The summed E-state index contributed by atoms with van der Waals surface area (Å²) in [5, 5.41) is 8.04. The van der Waals surface area contributed by atoms with Crippen LogP contribution < -0.4 is 0 Å². The largest absolute Gasteiger partial charge is 0.481 e. The molecule has 10 heavy (non-hydrogen) atoms. The van der Waals surface area contributed by atoms with E-state index in [1.165, 1.54) is 0 Å². The molecule has 0 aromatic heterocycles. The maximum Gasteiger partial charge on any atom is 0.303 e. The van der Waals surface area contributed by atoms with Crippen molar-refractivity contribution < 1.29 is 9.90 Å². The van der Waals surface area contributed by atoms with Gasteiger partial charge < -0.3 is 5.11 Å². The lowest BCUT2D eigenvalue weighted by Crippen LogP contribution is -1.91. The Hall–Kier alpha value is -0.790. The summed E-state index contributed by atoms with van der Waals surface area (Å²) in [6.45, 7) is 7.23. The van der Waals surface area contributed by atoms with Gasteiger partial charge in [0.1, 0.15) is 0 Å². The van der Waals surface area contributed by atoms with E-state index in [-0.39, 0.29) is 0 Å². The van der Waals surface area contributed by atoms with E-state index in [2.05, 4.69) is 6.58 Å². The van der Waals surface area contributed by atoms with Crippen molar-refractivity contribution in [3.8, 4) is 0 Å². The first-order valence-electron chi connectivity index (χ1n) is 3.47. The van der Waals surface area contributed by atoms with Gasteiger partial charge in [0.2, 0.25) is 0 Å². The van der Waals surface area contributed by atoms with Gasteiger partial charge in [-0.2, -0.15) is 0 Å². The smallest absolute Gasteiger partial charge is 0.303 e. The Balaban J connectivity index is 0. The zero-order chi connectivity index (χ0) is 8.41. The number of aliphatic carboxylic acids is 1. The van der Waals surface area contributed by atoms with E-state index in [1.807, 2.05) is 13.8 Å². The Morgan fingerprint density at radius 2 is 2.10 bits per heavy atom. The van der Waals surface area contributed by atoms with Crippen LogP contribution in [-0.2, 0) is 4.79 Å². The highest BCUT2D eigenvalue weighted by Crippen LogP contribution is 1.91. The molecule has 0 aliphatic heterocycles. The molecule has 60 valence electrons. The highest BCUT2D eigenvalue weighted by Gasteiger charge is 1.90. The van der Waals surface area contributed by atoms with E-state index in [0.717, 1.165) is 12.8 Å². The first kappa shape index (κ1) is 11.9. The van der Waals surface area contributed by atoms with Crippen molar-refractivity contribution >= 4 is 5.97 Å². The van der Waals surface area contributed by atoms with E-state index >= 15 is 0 Å². The molecular formula is C8H16O2. The molecule has 0 fully saturated rings. The average molecular weight is 144 g/mol. The van der Waals surface area contributed by atoms with Crippen LogP contribution in [0.3, 0.4) is 0 Å². The van der Waals surface area contributed by atoms with Crippen molar-refractivity contribution in [3.63, 3.8) is 0 Å². The molecule has 1 N–H and O–H groups in total. The third-order valence-electron chi connectivity index (χ3n) is 0.744. The predicted molar refractivity (Wildman–Crippen MR) is 43.0 cm³/mol. The second-order valence-corrected chi connectivity index (χ2v) is 1.91. The number of hydrogen-bond acceptors (Lipinski definition) is 1. The van der Waals surface area contributed by atoms with Crippen molar-refractivity contribution in [2.45, 2.75) is 33.1 Å². The normalized spacial score (nSPS) is 7.40. The number of carbonyl (C=O) groups is 1. The number of hydrogen-bond donors (Lipinski definition) is 1. The summed E-state index contributed by atoms with van der Waals surface area (Å²) >= 11 is 0. The van der Waals surface area contributed by atoms with Gasteiger partial charge in [0.05, 0.1) is 0 Å². The number of carboxylic acids is 1. The van der Waals surface area contributed by atoms with Crippen molar-refractivity contribution in [1.82, 2.24) is 0 Å². The quantitative estimate of drug-likeness (QED) is 0.618. The van der Waals surface area contributed by atoms with Crippen LogP contribution >= 0.6 is 0 Å². The van der Waals surface area contributed by atoms with Gasteiger partial charge in [-0.25, -0.2) is 0 Å². The monoisotopic (exact) mass is 144 g/mol. The fourth-order valence-corrected chi connectivity index (χ4v) is 0.328. The highest BCUT2D eigenvalue weighted by molar-refractivity contribution is 5.66. The fourth-order valence-electron chi connectivity index (χ4n) is 0.328. The molecular weight excluding hydrogens is 128 g/mol. The van der Waals surface area contributed by atoms with Gasteiger partial charge in [0.15, 0.2) is 0 Å². The Kier molecular flexibility index (Phi) is 13.2. The molecule has 0 heterocycles. The molecule has 0 radical (unpaired) electrons. The molecule has 0 aliphatic rings. The number of unbranched alkanes of at least 4 members (excludes halogenated alkanes) is 1. The first-order chi connectivity index (χ1) is 4.68. The second-order valence-electron chi connectivity index (χ2n) is 1.91. The van der Waals surface area contributed by atoms with Crippen LogP contribution in [0.15, 0.2) is 12.7 Å². The third-order valence-corrected chi connectivity index (χ3v) is 0.744. The van der Waals surface area contributed by atoms with Gasteiger partial charge in [-0.3, -0.25) is 4.79 Å². The van der Waals surface area contributed by atoms with Gasteiger partial charge in [0.25, 0.3) is 0 Å². The molecule has 0 atom stereocenters. The van der Waals surface area contributed by atoms with E-state index in [1.54, 1.807) is 6.08 Å². The number of carboxylic acid groups (broad SMARTS) is 1. The first-order valence-corrected chi connectivity index (χ1v) is 3.47. The van der Waals surface area contributed by atoms with Crippen LogP contribution in [0.4, 0.5) is 0 Å². The minimum atomic E-state index is -0.693. The summed E-state index contributed by atoms with van der Waals surface area (Å²) in [7, 11) is 0. The van der Waals surface area contributed by atoms with Crippen LogP contribution in [0.5, 0.6) is 0 Å². The minimum absolute atomic E-state index is 0.316. The summed E-state index contributed by atoms with van der Waals surface area (Å²) < 4.78 is 0. The number of allylic oxidation sites excluding steroid dienone is 1. The van der Waals surface area contributed by atoms with Gasteiger partial charge in [-0.15, -0.1) is 6.58 Å². The van der Waals surface area contributed by atoms with E-state index < -0.39 is 5.97 Å². The molecule has 0 bridgehead atoms. The second kappa shape index (κ2) is 11.1. The SMILES string of the molecule is C=CC.CCCCC(=O)O. The molecule has 0 saturated carbocycles. The van der Waals surface area contributed by atoms with Crippen LogP contribution in [0.2, 0.25) is 0 Å². The Morgan fingerprint density at radius 1 is 1.70 bits per heavy atom. The van der Waals surface area contributed by atoms with Gasteiger partial charge in [-0.1, -0.05) is 19.4 Å². The lowest BCUT2D eigenvalue weighted by molar-refractivity contribution is -0.137. The predicted octanol–water partition coefficient (Wildman–Crippen LogP) is 2.45. The summed E-state index contributed by atoms with van der Waals surface area (Å²) in [6.07, 6.45) is 3.83. The molecule has 2 nitrogen and oxygen atoms in total. The molecule has 0 saturated heterocycles. The molecule has 0 aromatic carbocycles. The van der Waals surface area contributed by atoms with Crippen molar-refractivity contribution in [2.24, 2.45) is 0 Å². The minimum Gasteiger partial charge on any atom is -0.481 e. The maximum absolute atomic E-state index is 9.76.